The van der Waals surface area contributed by atoms with Crippen LogP contribution in [-0.4, -0.2) is 43.9 Å². The van der Waals surface area contributed by atoms with Gasteiger partial charge in [-0.15, -0.1) is 0 Å². The van der Waals surface area contributed by atoms with Gasteiger partial charge in [-0.2, -0.15) is 0 Å². The molecule has 5 nitrogen and oxygen atoms in total. The summed E-state index contributed by atoms with van der Waals surface area (Å²) in [5.74, 6) is -0.317. The number of likely N-dealkylation sites (N-methyl/N-ethyl adjacent to an activating group) is 1. The van der Waals surface area contributed by atoms with E-state index in [0.717, 1.165) is 5.56 Å². The van der Waals surface area contributed by atoms with Crippen molar-refractivity contribution >= 4 is 11.8 Å². The lowest BCUT2D eigenvalue weighted by Gasteiger charge is -2.19. The summed E-state index contributed by atoms with van der Waals surface area (Å²) in [5, 5.41) is 4.51. The number of hydrogen-bond donors (Lipinski definition) is 2. The van der Waals surface area contributed by atoms with Gasteiger partial charge in [-0.05, 0) is 12.1 Å². The van der Waals surface area contributed by atoms with Crippen LogP contribution in [-0.2, 0) is 9.59 Å². The van der Waals surface area contributed by atoms with E-state index in [1.807, 2.05) is 5.32 Å². The molecular weight excluding hydrogens is 285 g/mol. The van der Waals surface area contributed by atoms with Crippen LogP contribution in [0.2, 0.25) is 0 Å². The third-order valence-electron chi connectivity index (χ3n) is 3.47. The van der Waals surface area contributed by atoms with E-state index in [9.17, 15) is 14.0 Å². The van der Waals surface area contributed by atoms with E-state index < -0.39 is 0 Å². The molecule has 22 heavy (non-hydrogen) atoms. The SMILES string of the molecule is CC(C)[C@H]([NH2+]CC(=O)NCC(=O)N(C)C)c1ccc(F)cc1. The molecule has 0 saturated heterocycles. The first-order chi connectivity index (χ1) is 10.3. The molecule has 0 bridgehead atoms. The number of carbonyl (C=O) groups is 2. The van der Waals surface area contributed by atoms with Crippen LogP contribution in [0.1, 0.15) is 25.5 Å². The van der Waals surface area contributed by atoms with Crippen molar-refractivity contribution in [3.05, 3.63) is 35.6 Å². The van der Waals surface area contributed by atoms with Crippen LogP contribution in [0.25, 0.3) is 0 Å². The van der Waals surface area contributed by atoms with E-state index in [0.29, 0.717) is 5.92 Å². The molecule has 1 aromatic carbocycles. The van der Waals surface area contributed by atoms with Gasteiger partial charge in [-0.25, -0.2) is 4.39 Å². The average Bonchev–Trinajstić information content (AvgIpc) is 2.46. The van der Waals surface area contributed by atoms with Gasteiger partial charge in [0.05, 0.1) is 6.54 Å². The van der Waals surface area contributed by atoms with Gasteiger partial charge in [0.2, 0.25) is 5.91 Å². The van der Waals surface area contributed by atoms with Crippen LogP contribution in [0.4, 0.5) is 4.39 Å². The average molecular weight is 310 g/mol. The van der Waals surface area contributed by atoms with Crippen LogP contribution in [0.3, 0.4) is 0 Å². The van der Waals surface area contributed by atoms with E-state index in [2.05, 4.69) is 19.2 Å². The van der Waals surface area contributed by atoms with Crippen molar-refractivity contribution < 1.29 is 19.3 Å². The summed E-state index contributed by atoms with van der Waals surface area (Å²) in [6.07, 6.45) is 0. The number of halogens is 1. The fourth-order valence-corrected chi connectivity index (χ4v) is 2.12. The van der Waals surface area contributed by atoms with E-state index in [1.165, 1.54) is 17.0 Å². The monoisotopic (exact) mass is 310 g/mol. The normalized spacial score (nSPS) is 12.1. The second kappa shape index (κ2) is 8.48. The molecule has 0 heterocycles. The highest BCUT2D eigenvalue weighted by atomic mass is 19.1. The zero-order chi connectivity index (χ0) is 16.7. The zero-order valence-electron chi connectivity index (χ0n) is 13.6. The lowest BCUT2D eigenvalue weighted by molar-refractivity contribution is -0.692. The summed E-state index contributed by atoms with van der Waals surface area (Å²) < 4.78 is 13.0. The second-order valence-corrected chi connectivity index (χ2v) is 5.83. The predicted molar refractivity (Wildman–Crippen MR) is 82.5 cm³/mol. The van der Waals surface area contributed by atoms with Crippen LogP contribution in [0.15, 0.2) is 24.3 Å². The largest absolute Gasteiger partial charge is 0.347 e. The van der Waals surface area contributed by atoms with E-state index in [4.69, 9.17) is 0 Å². The van der Waals surface area contributed by atoms with Gasteiger partial charge >= 0.3 is 0 Å². The highest BCUT2D eigenvalue weighted by Gasteiger charge is 2.20. The van der Waals surface area contributed by atoms with Gasteiger partial charge in [0.1, 0.15) is 11.9 Å². The number of quaternary nitrogens is 1. The van der Waals surface area contributed by atoms with Crippen LogP contribution >= 0.6 is 0 Å². The standard InChI is InChI=1S/C16H24FN3O2/c1-11(2)16(12-5-7-13(17)8-6-12)19-9-14(21)18-10-15(22)20(3)4/h5-8,11,16,19H,9-10H2,1-4H3,(H,18,21)/p+1/t16-/m0/s1. The highest BCUT2D eigenvalue weighted by Crippen LogP contribution is 2.17. The van der Waals surface area contributed by atoms with Crippen molar-refractivity contribution in [3.8, 4) is 0 Å². The molecule has 6 heteroatoms. The zero-order valence-corrected chi connectivity index (χ0v) is 13.6. The molecule has 2 amide bonds. The molecule has 0 radical (unpaired) electrons. The van der Waals surface area contributed by atoms with E-state index in [1.54, 1.807) is 26.2 Å². The van der Waals surface area contributed by atoms with E-state index >= 15 is 0 Å². The molecule has 0 aliphatic carbocycles. The van der Waals surface area contributed by atoms with Crippen molar-refractivity contribution in [2.75, 3.05) is 27.2 Å². The van der Waals surface area contributed by atoms with Crippen molar-refractivity contribution in [3.63, 3.8) is 0 Å². The summed E-state index contributed by atoms with van der Waals surface area (Å²) in [6.45, 7) is 4.33. The van der Waals surface area contributed by atoms with Gasteiger partial charge in [0.15, 0.2) is 6.54 Å². The Morgan fingerprint density at radius 3 is 2.32 bits per heavy atom. The maximum atomic E-state index is 13.0. The van der Waals surface area contributed by atoms with Crippen LogP contribution < -0.4 is 10.6 Å². The Hall–Kier alpha value is -1.95. The molecule has 0 aliphatic rings. The molecule has 122 valence electrons. The third-order valence-corrected chi connectivity index (χ3v) is 3.47. The molecule has 3 N–H and O–H groups in total. The molecule has 0 aromatic heterocycles. The molecule has 1 aromatic rings. The Bertz CT molecular complexity index is 501. The number of nitrogens with one attached hydrogen (secondary N) is 1. The molecule has 0 fully saturated rings. The van der Waals surface area contributed by atoms with Gasteiger partial charge in [-0.1, -0.05) is 26.0 Å². The van der Waals surface area contributed by atoms with Gasteiger partial charge < -0.3 is 15.5 Å². The third kappa shape index (κ3) is 5.81. The summed E-state index contributed by atoms with van der Waals surface area (Å²) in [5.41, 5.74) is 0.980. The molecule has 0 saturated carbocycles. The van der Waals surface area contributed by atoms with Crippen molar-refractivity contribution in [2.45, 2.75) is 19.9 Å². The first kappa shape index (κ1) is 18.1. The maximum Gasteiger partial charge on any atom is 0.275 e. The Kier molecular flexibility index (Phi) is 6.98. The molecule has 0 aliphatic heterocycles. The highest BCUT2D eigenvalue weighted by molar-refractivity contribution is 5.84. The Morgan fingerprint density at radius 1 is 1.23 bits per heavy atom. The first-order valence-electron chi connectivity index (χ1n) is 7.37. The van der Waals surface area contributed by atoms with Crippen LogP contribution in [0, 0.1) is 11.7 Å². The molecule has 1 atom stereocenters. The molecule has 0 unspecified atom stereocenters. The maximum absolute atomic E-state index is 13.0. The Labute approximate surface area is 130 Å². The smallest absolute Gasteiger partial charge is 0.275 e. The lowest BCUT2D eigenvalue weighted by Crippen LogP contribution is -2.88. The van der Waals surface area contributed by atoms with E-state index in [-0.39, 0.29) is 36.8 Å². The van der Waals surface area contributed by atoms with Gasteiger partial charge in [0, 0.05) is 25.6 Å². The Morgan fingerprint density at radius 2 is 1.82 bits per heavy atom. The summed E-state index contributed by atoms with van der Waals surface area (Å²) >= 11 is 0. The van der Waals surface area contributed by atoms with Crippen molar-refractivity contribution in [1.29, 1.82) is 0 Å². The minimum atomic E-state index is -0.272. The summed E-state index contributed by atoms with van der Waals surface area (Å²) in [7, 11) is 3.29. The molecule has 1 rings (SSSR count). The number of amides is 2. The first-order valence-corrected chi connectivity index (χ1v) is 7.37. The molecule has 0 spiro atoms. The number of nitrogens with two attached hydrogens (primary N) is 1. The van der Waals surface area contributed by atoms with Crippen LogP contribution in [0.5, 0.6) is 0 Å². The van der Waals surface area contributed by atoms with Crippen molar-refractivity contribution in [1.82, 2.24) is 10.2 Å². The number of benzene rings is 1. The number of carbonyl (C=O) groups excluding carboxylic acids is 2. The number of rotatable bonds is 7. The minimum Gasteiger partial charge on any atom is -0.347 e. The quantitative estimate of drug-likeness (QED) is 0.760. The second-order valence-electron chi connectivity index (χ2n) is 5.83. The summed E-state index contributed by atoms with van der Waals surface area (Å²) in [4.78, 5) is 24.7. The Balaban J connectivity index is 2.53. The molecular formula is C16H25FN3O2+. The minimum absolute atomic E-state index is 0.00255. The van der Waals surface area contributed by atoms with Gasteiger partial charge in [-0.3, -0.25) is 9.59 Å². The van der Waals surface area contributed by atoms with Gasteiger partial charge in [0.25, 0.3) is 5.91 Å². The fourth-order valence-electron chi connectivity index (χ4n) is 2.12. The number of nitrogens with zero attached hydrogens (tertiary/aromatic N) is 1. The predicted octanol–water partition coefficient (Wildman–Crippen LogP) is 0.291. The van der Waals surface area contributed by atoms with Crippen molar-refractivity contribution in [2.24, 2.45) is 5.92 Å². The number of hydrogen-bond acceptors (Lipinski definition) is 2. The summed E-state index contributed by atoms with van der Waals surface area (Å²) in [6, 6.07) is 6.40. The fraction of sp³-hybridized carbons (Fsp3) is 0.500. The topological polar surface area (TPSA) is 66.0 Å². The lowest BCUT2D eigenvalue weighted by atomic mass is 9.96.